The van der Waals surface area contributed by atoms with E-state index in [0.29, 0.717) is 16.3 Å². The maximum absolute atomic E-state index is 13.2. The van der Waals surface area contributed by atoms with Crippen molar-refractivity contribution in [2.45, 2.75) is 31.5 Å². The fourth-order valence-corrected chi connectivity index (χ4v) is 3.75. The van der Waals surface area contributed by atoms with Crippen molar-refractivity contribution in [3.05, 3.63) is 64.7 Å². The molecule has 5 nitrogen and oxygen atoms in total. The maximum Gasteiger partial charge on any atom is 0.314 e. The highest BCUT2D eigenvalue weighted by molar-refractivity contribution is 6.44. The van der Waals surface area contributed by atoms with Crippen LogP contribution in [0.4, 0.5) is 5.69 Å². The lowest BCUT2D eigenvalue weighted by Crippen LogP contribution is -3.07. The summed E-state index contributed by atoms with van der Waals surface area (Å²) in [6.07, 6.45) is 0.772. The van der Waals surface area contributed by atoms with E-state index in [0.717, 1.165) is 12.0 Å². The number of nitrogens with two attached hydrogens (primary N) is 1. The second-order valence-corrected chi connectivity index (χ2v) is 7.58. The number of benzene rings is 2. The van der Waals surface area contributed by atoms with Gasteiger partial charge in [0, 0.05) is 13.5 Å². The van der Waals surface area contributed by atoms with E-state index in [9.17, 15) is 9.59 Å². The minimum absolute atomic E-state index is 0.301. The average Bonchev–Trinajstić information content (AvgIpc) is 2.61. The second kappa shape index (κ2) is 6.83. The van der Waals surface area contributed by atoms with Crippen molar-refractivity contribution in [1.82, 2.24) is 0 Å². The Morgan fingerprint density at radius 1 is 1.12 bits per heavy atom. The Labute approximate surface area is 157 Å². The van der Waals surface area contributed by atoms with E-state index in [2.05, 4.69) is 5.32 Å². The summed E-state index contributed by atoms with van der Waals surface area (Å²) < 4.78 is 5.69. The Morgan fingerprint density at radius 2 is 1.77 bits per heavy atom. The molecule has 0 aliphatic carbocycles. The standard InChI is InChI=1S/C20H21ClN2O3/c1-19(2)12-13-8-4-5-9-14(13)20(23-19,26-3)17(24)18(25)22-16-11-7-6-10-15(16)21/h4-11,23H,12H2,1-3H3,(H,22,25)/p+1/t20-/m0/s1. The molecule has 0 aromatic heterocycles. The number of ether oxygens (including phenoxy) is 1. The quantitative estimate of drug-likeness (QED) is 0.807. The number of hydrogen-bond donors (Lipinski definition) is 2. The van der Waals surface area contributed by atoms with Gasteiger partial charge in [0.1, 0.15) is 0 Å². The zero-order chi connectivity index (χ0) is 18.9. The van der Waals surface area contributed by atoms with Crippen LogP contribution in [0.15, 0.2) is 48.5 Å². The van der Waals surface area contributed by atoms with Gasteiger partial charge in [-0.3, -0.25) is 9.59 Å². The number of amides is 1. The summed E-state index contributed by atoms with van der Waals surface area (Å²) in [5.41, 5.74) is 0.373. The fraction of sp³-hybridized carbons (Fsp3) is 0.300. The first-order valence-electron chi connectivity index (χ1n) is 8.40. The normalized spacial score (nSPS) is 20.9. The molecule has 0 unspecified atom stereocenters. The van der Waals surface area contributed by atoms with Crippen LogP contribution in [0.2, 0.25) is 5.02 Å². The molecule has 3 N–H and O–H groups in total. The summed E-state index contributed by atoms with van der Waals surface area (Å²) in [4.78, 5) is 25.9. The molecule has 0 fully saturated rings. The largest absolute Gasteiger partial charge is 0.320 e. The Bertz CT molecular complexity index is 866. The van der Waals surface area contributed by atoms with E-state index in [1.54, 1.807) is 24.3 Å². The zero-order valence-corrected chi connectivity index (χ0v) is 15.8. The third kappa shape index (κ3) is 3.26. The number of carbonyl (C=O) groups excluding carboxylic acids is 2. The summed E-state index contributed by atoms with van der Waals surface area (Å²) in [5, 5.41) is 4.80. The first kappa shape index (κ1) is 18.6. The molecule has 1 atom stereocenters. The lowest BCUT2D eigenvalue weighted by atomic mass is 9.80. The van der Waals surface area contributed by atoms with Crippen molar-refractivity contribution in [1.29, 1.82) is 0 Å². The predicted octanol–water partition coefficient (Wildman–Crippen LogP) is 2.25. The van der Waals surface area contributed by atoms with E-state index < -0.39 is 17.4 Å². The molecule has 2 aromatic rings. The molecule has 26 heavy (non-hydrogen) atoms. The van der Waals surface area contributed by atoms with Crippen LogP contribution in [0, 0.1) is 0 Å². The molecule has 1 heterocycles. The van der Waals surface area contributed by atoms with Gasteiger partial charge in [-0.2, -0.15) is 0 Å². The van der Waals surface area contributed by atoms with Gasteiger partial charge in [-0.1, -0.05) is 41.9 Å². The van der Waals surface area contributed by atoms with Crippen LogP contribution in [0.5, 0.6) is 0 Å². The minimum Gasteiger partial charge on any atom is -0.320 e. The molecule has 0 saturated heterocycles. The van der Waals surface area contributed by atoms with E-state index in [4.69, 9.17) is 16.3 Å². The van der Waals surface area contributed by atoms with Crippen LogP contribution >= 0.6 is 11.6 Å². The molecule has 136 valence electrons. The Balaban J connectivity index is 2.00. The number of Topliss-reactive ketones (excluding diaryl/α,β-unsaturated/α-hetero) is 1. The first-order valence-corrected chi connectivity index (χ1v) is 8.78. The minimum atomic E-state index is -1.43. The molecule has 0 saturated carbocycles. The number of nitrogens with one attached hydrogen (secondary N) is 1. The van der Waals surface area contributed by atoms with Gasteiger partial charge in [-0.15, -0.1) is 0 Å². The maximum atomic E-state index is 13.2. The number of rotatable bonds is 4. The number of anilines is 1. The van der Waals surface area contributed by atoms with E-state index >= 15 is 0 Å². The summed E-state index contributed by atoms with van der Waals surface area (Å²) >= 11 is 6.09. The van der Waals surface area contributed by atoms with Crippen LogP contribution < -0.4 is 10.6 Å². The molecular weight excluding hydrogens is 352 g/mol. The molecule has 0 radical (unpaired) electrons. The van der Waals surface area contributed by atoms with Gasteiger partial charge >= 0.3 is 11.7 Å². The highest BCUT2D eigenvalue weighted by atomic mass is 35.5. The number of methoxy groups -OCH3 is 1. The number of ketones is 1. The van der Waals surface area contributed by atoms with E-state index in [-0.39, 0.29) is 5.54 Å². The smallest absolute Gasteiger partial charge is 0.314 e. The lowest BCUT2D eigenvalue weighted by Gasteiger charge is -2.41. The van der Waals surface area contributed by atoms with Gasteiger partial charge in [0.15, 0.2) is 0 Å². The summed E-state index contributed by atoms with van der Waals surface area (Å²) in [7, 11) is 1.45. The van der Waals surface area contributed by atoms with Crippen LogP contribution in [0.3, 0.4) is 0 Å². The number of fused-ring (bicyclic) bond motifs is 1. The van der Waals surface area contributed by atoms with Gasteiger partial charge < -0.3 is 15.4 Å². The van der Waals surface area contributed by atoms with Crippen LogP contribution in [-0.2, 0) is 26.5 Å². The Kier molecular flexibility index (Phi) is 4.88. The Morgan fingerprint density at radius 3 is 2.46 bits per heavy atom. The molecule has 3 rings (SSSR count). The number of para-hydroxylation sites is 1. The van der Waals surface area contributed by atoms with Crippen molar-refractivity contribution in [2.75, 3.05) is 12.4 Å². The highest BCUT2D eigenvalue weighted by Gasteiger charge is 2.55. The molecule has 1 aliphatic heterocycles. The van der Waals surface area contributed by atoms with Crippen LogP contribution in [0.25, 0.3) is 0 Å². The van der Waals surface area contributed by atoms with Gasteiger partial charge in [0.25, 0.3) is 5.72 Å². The third-order valence-corrected chi connectivity index (χ3v) is 4.97. The molecule has 1 aliphatic rings. The van der Waals surface area contributed by atoms with Crippen LogP contribution in [0.1, 0.15) is 25.0 Å². The van der Waals surface area contributed by atoms with Crippen molar-refractivity contribution in [3.8, 4) is 0 Å². The monoisotopic (exact) mass is 373 g/mol. The Hall–Kier alpha value is -2.21. The SMILES string of the molecule is CO[C@@]1(C(=O)C(=O)Nc2ccccc2Cl)[NH2+]C(C)(C)Cc2ccccc21. The van der Waals surface area contributed by atoms with Crippen molar-refractivity contribution >= 4 is 29.0 Å². The van der Waals surface area contributed by atoms with Crippen molar-refractivity contribution in [2.24, 2.45) is 0 Å². The number of hydrogen-bond acceptors (Lipinski definition) is 3. The predicted molar refractivity (Wildman–Crippen MR) is 99.9 cm³/mol. The number of quaternary nitrogens is 1. The van der Waals surface area contributed by atoms with Gasteiger partial charge in [-0.25, -0.2) is 0 Å². The first-order chi connectivity index (χ1) is 12.3. The van der Waals surface area contributed by atoms with Crippen molar-refractivity contribution in [3.63, 3.8) is 0 Å². The summed E-state index contributed by atoms with van der Waals surface area (Å²) in [6, 6.07) is 14.4. The highest BCUT2D eigenvalue weighted by Crippen LogP contribution is 2.31. The molecule has 0 spiro atoms. The third-order valence-electron chi connectivity index (χ3n) is 4.65. The van der Waals surface area contributed by atoms with Crippen LogP contribution in [-0.4, -0.2) is 24.3 Å². The molecule has 0 bridgehead atoms. The van der Waals surface area contributed by atoms with Gasteiger partial charge in [-0.05, 0) is 37.6 Å². The molecule has 6 heteroatoms. The molecular formula is C20H22ClN2O3+. The summed E-state index contributed by atoms with van der Waals surface area (Å²) in [5.74, 6) is -1.43. The zero-order valence-electron chi connectivity index (χ0n) is 15.0. The average molecular weight is 374 g/mol. The molecule has 2 aromatic carbocycles. The van der Waals surface area contributed by atoms with E-state index in [1.165, 1.54) is 7.11 Å². The topological polar surface area (TPSA) is 72.0 Å². The molecule has 1 amide bonds. The lowest BCUT2D eigenvalue weighted by molar-refractivity contribution is -0.816. The summed E-state index contributed by atoms with van der Waals surface area (Å²) in [6.45, 7) is 4.05. The van der Waals surface area contributed by atoms with Crippen molar-refractivity contribution < 1.29 is 19.6 Å². The van der Waals surface area contributed by atoms with E-state index in [1.807, 2.05) is 43.4 Å². The number of halogens is 1. The van der Waals surface area contributed by atoms with Gasteiger partial charge in [0.2, 0.25) is 0 Å². The fourth-order valence-electron chi connectivity index (χ4n) is 3.57. The second-order valence-electron chi connectivity index (χ2n) is 7.17. The number of carbonyl (C=O) groups is 2. The van der Waals surface area contributed by atoms with Gasteiger partial charge in [0.05, 0.1) is 21.8 Å².